The average Bonchev–Trinajstić information content (AvgIpc) is 3.35. The second-order valence-corrected chi connectivity index (χ2v) is 9.72. The van der Waals surface area contributed by atoms with Gasteiger partial charge in [-0.25, -0.2) is 9.69 Å². The summed E-state index contributed by atoms with van der Waals surface area (Å²) in [5.74, 6) is -0.552. The highest BCUT2D eigenvalue weighted by molar-refractivity contribution is 6.23. The van der Waals surface area contributed by atoms with Crippen LogP contribution in [0.1, 0.15) is 39.7 Å². The van der Waals surface area contributed by atoms with E-state index in [0.717, 1.165) is 39.0 Å². The van der Waals surface area contributed by atoms with Gasteiger partial charge in [0.05, 0.1) is 11.4 Å². The number of nitrogens with one attached hydrogen (secondary N) is 2. The topological polar surface area (TPSA) is 85.5 Å². The fourth-order valence-corrected chi connectivity index (χ4v) is 5.40. The second kappa shape index (κ2) is 7.81. The highest BCUT2D eigenvalue weighted by Crippen LogP contribution is 2.45. The van der Waals surface area contributed by atoms with Gasteiger partial charge in [0.1, 0.15) is 0 Å². The Hall–Kier alpha value is -4.39. The largest absolute Gasteiger partial charge is 0.356 e. The smallest absolute Gasteiger partial charge is 0.332 e. The number of rotatable bonds is 3. The van der Waals surface area contributed by atoms with Crippen LogP contribution >= 0.6 is 0 Å². The molecule has 0 bridgehead atoms. The maximum Gasteiger partial charge on any atom is 0.332 e. The first kappa shape index (κ1) is 22.1. The summed E-state index contributed by atoms with van der Waals surface area (Å²) in [6.07, 6.45) is 0.680. The number of para-hydroxylation sites is 1. The summed E-state index contributed by atoms with van der Waals surface area (Å²) in [7, 11) is 0. The van der Waals surface area contributed by atoms with Crippen molar-refractivity contribution in [3.8, 4) is 0 Å². The van der Waals surface area contributed by atoms with Gasteiger partial charge < -0.3 is 15.2 Å². The molecule has 6 rings (SSSR count). The van der Waals surface area contributed by atoms with E-state index in [0.29, 0.717) is 24.2 Å². The van der Waals surface area contributed by atoms with Crippen molar-refractivity contribution in [2.24, 2.45) is 0 Å². The Bertz CT molecular complexity index is 1570. The van der Waals surface area contributed by atoms with Crippen molar-refractivity contribution in [3.05, 3.63) is 94.7 Å². The lowest BCUT2D eigenvalue weighted by Gasteiger charge is -2.35. The number of aromatic amines is 1. The van der Waals surface area contributed by atoms with E-state index in [4.69, 9.17) is 0 Å². The summed E-state index contributed by atoms with van der Waals surface area (Å²) in [5.41, 5.74) is 5.58. The number of aryl methyl sites for hydroxylation is 2. The number of amides is 4. The summed E-state index contributed by atoms with van der Waals surface area (Å²) >= 11 is 0. The van der Waals surface area contributed by atoms with E-state index in [9.17, 15) is 14.4 Å². The molecule has 0 aliphatic carbocycles. The molecule has 2 aliphatic rings. The molecule has 0 spiro atoms. The van der Waals surface area contributed by atoms with E-state index in [1.807, 2.05) is 63.2 Å². The van der Waals surface area contributed by atoms with Crippen molar-refractivity contribution >= 4 is 40.1 Å². The van der Waals surface area contributed by atoms with Gasteiger partial charge in [-0.1, -0.05) is 24.3 Å². The zero-order valence-electron chi connectivity index (χ0n) is 20.4. The normalized spacial score (nSPS) is 19.0. The third-order valence-electron chi connectivity index (χ3n) is 7.62. The summed E-state index contributed by atoms with van der Waals surface area (Å²) in [6.45, 7) is 6.29. The number of hydrogen-bond acceptors (Lipinski definition) is 3. The molecule has 1 fully saturated rings. The van der Waals surface area contributed by atoms with E-state index in [1.165, 1.54) is 4.90 Å². The van der Waals surface area contributed by atoms with Crippen molar-refractivity contribution in [2.45, 2.75) is 32.7 Å². The van der Waals surface area contributed by atoms with Crippen molar-refractivity contribution in [1.29, 1.82) is 0 Å². The monoisotopic (exact) mass is 478 g/mol. The minimum atomic E-state index is -1.11. The van der Waals surface area contributed by atoms with Gasteiger partial charge in [0.25, 0.3) is 11.8 Å². The predicted octanol–water partition coefficient (Wildman–Crippen LogP) is 5.28. The number of anilines is 2. The Balaban J connectivity index is 1.29. The van der Waals surface area contributed by atoms with Crippen molar-refractivity contribution in [1.82, 2.24) is 9.88 Å². The van der Waals surface area contributed by atoms with Crippen LogP contribution in [0.3, 0.4) is 0 Å². The van der Waals surface area contributed by atoms with E-state index in [-0.39, 0.29) is 17.8 Å². The molecule has 180 valence electrons. The Morgan fingerprint density at radius 1 is 0.972 bits per heavy atom. The van der Waals surface area contributed by atoms with Crippen LogP contribution in [0.4, 0.5) is 16.2 Å². The molecule has 1 aromatic heterocycles. The predicted molar refractivity (Wildman–Crippen MR) is 139 cm³/mol. The van der Waals surface area contributed by atoms with Gasteiger partial charge in [0.2, 0.25) is 0 Å². The third-order valence-corrected chi connectivity index (χ3v) is 7.62. The number of carbonyl (C=O) groups excluding carboxylic acids is 3. The lowest BCUT2D eigenvalue weighted by molar-refractivity contribution is -0.125. The molecule has 36 heavy (non-hydrogen) atoms. The first-order chi connectivity index (χ1) is 17.3. The Morgan fingerprint density at radius 3 is 2.47 bits per heavy atom. The standard InChI is InChI=1S/C29H26N4O3/c1-17-8-11-20(16-18(17)2)30-26(34)19-9-12-21(13-10-19)33-27(35)29(3)25-23(14-15-32(29)28(33)36)22-6-4-5-7-24(22)31-25/h4-13,16,31H,14-15H2,1-3H3,(H,30,34)/t29-/m0/s1. The maximum atomic E-state index is 13.8. The minimum absolute atomic E-state index is 0.254. The van der Waals surface area contributed by atoms with Crippen LogP contribution in [0.2, 0.25) is 0 Å². The highest BCUT2D eigenvalue weighted by Gasteiger charge is 2.59. The Morgan fingerprint density at radius 2 is 1.72 bits per heavy atom. The number of fused-ring (bicyclic) bond motifs is 5. The quantitative estimate of drug-likeness (QED) is 0.393. The van der Waals surface area contributed by atoms with Gasteiger partial charge in [-0.2, -0.15) is 0 Å². The fourth-order valence-electron chi connectivity index (χ4n) is 5.40. The van der Waals surface area contributed by atoms with Gasteiger partial charge in [-0.05, 0) is 86.3 Å². The number of hydrogen-bond donors (Lipinski definition) is 2. The lowest BCUT2D eigenvalue weighted by Crippen LogP contribution is -2.49. The zero-order chi connectivity index (χ0) is 25.2. The highest BCUT2D eigenvalue weighted by atomic mass is 16.2. The van der Waals surface area contributed by atoms with Crippen LogP contribution in [0.15, 0.2) is 66.7 Å². The first-order valence-corrected chi connectivity index (χ1v) is 12.0. The summed E-state index contributed by atoms with van der Waals surface area (Å²) in [4.78, 5) is 46.3. The van der Waals surface area contributed by atoms with Crippen LogP contribution in [0.25, 0.3) is 10.9 Å². The lowest BCUT2D eigenvalue weighted by atomic mass is 9.87. The number of H-pyrrole nitrogens is 1. The van der Waals surface area contributed by atoms with E-state index in [1.54, 1.807) is 29.2 Å². The number of aromatic nitrogens is 1. The summed E-state index contributed by atoms with van der Waals surface area (Å²) in [5, 5.41) is 3.99. The molecule has 3 aromatic carbocycles. The van der Waals surface area contributed by atoms with Gasteiger partial charge in [-0.3, -0.25) is 9.59 Å². The van der Waals surface area contributed by atoms with Crippen LogP contribution in [-0.2, 0) is 16.8 Å². The molecule has 7 heteroatoms. The van der Waals surface area contributed by atoms with Gasteiger partial charge >= 0.3 is 6.03 Å². The van der Waals surface area contributed by atoms with Crippen LogP contribution in [0, 0.1) is 13.8 Å². The molecule has 0 radical (unpaired) electrons. The number of urea groups is 1. The molecule has 4 amide bonds. The molecule has 1 saturated heterocycles. The van der Waals surface area contributed by atoms with Gasteiger partial charge in [0.15, 0.2) is 5.54 Å². The van der Waals surface area contributed by atoms with Gasteiger partial charge in [0, 0.05) is 28.7 Å². The van der Waals surface area contributed by atoms with Gasteiger partial charge in [-0.15, -0.1) is 0 Å². The van der Waals surface area contributed by atoms with E-state index in [2.05, 4.69) is 10.3 Å². The molecular weight excluding hydrogens is 452 g/mol. The summed E-state index contributed by atoms with van der Waals surface area (Å²) < 4.78 is 0. The number of benzene rings is 3. The molecule has 4 aromatic rings. The van der Waals surface area contributed by atoms with Crippen LogP contribution in [-0.4, -0.2) is 34.3 Å². The van der Waals surface area contributed by atoms with Crippen molar-refractivity contribution in [3.63, 3.8) is 0 Å². The molecular formula is C29H26N4O3. The SMILES string of the molecule is Cc1ccc(NC(=O)c2ccc(N3C(=O)N4CCc5c([nH]c6ccccc56)[C@@]4(C)C3=O)cc2)cc1C. The first-order valence-electron chi connectivity index (χ1n) is 12.0. The Labute approximate surface area is 208 Å². The fraction of sp³-hybridized carbons (Fsp3) is 0.207. The third kappa shape index (κ3) is 3.09. The molecule has 2 aliphatic heterocycles. The van der Waals surface area contributed by atoms with Crippen LogP contribution in [0.5, 0.6) is 0 Å². The summed E-state index contributed by atoms with van der Waals surface area (Å²) in [6, 6.07) is 20.0. The molecule has 3 heterocycles. The zero-order valence-corrected chi connectivity index (χ0v) is 20.4. The molecule has 0 unspecified atom stereocenters. The number of carbonyl (C=O) groups is 3. The van der Waals surface area contributed by atoms with Crippen LogP contribution < -0.4 is 10.2 Å². The molecule has 7 nitrogen and oxygen atoms in total. The minimum Gasteiger partial charge on any atom is -0.356 e. The Kier molecular flexibility index (Phi) is 4.80. The molecule has 2 N–H and O–H groups in total. The molecule has 1 atom stereocenters. The average molecular weight is 479 g/mol. The van der Waals surface area contributed by atoms with Crippen molar-refractivity contribution < 1.29 is 14.4 Å². The van der Waals surface area contributed by atoms with E-state index < -0.39 is 5.54 Å². The second-order valence-electron chi connectivity index (χ2n) is 9.72. The molecule has 0 saturated carbocycles. The number of imide groups is 1. The van der Waals surface area contributed by atoms with E-state index >= 15 is 0 Å². The number of nitrogens with zero attached hydrogens (tertiary/aromatic N) is 2. The van der Waals surface area contributed by atoms with Crippen molar-refractivity contribution in [2.75, 3.05) is 16.8 Å². The maximum absolute atomic E-state index is 13.8.